The summed E-state index contributed by atoms with van der Waals surface area (Å²) < 4.78 is 56.1. The average Bonchev–Trinajstić information content (AvgIpc) is 2.65. The number of aromatic nitrogens is 1. The molecule has 10 nitrogen and oxygen atoms in total. The predicted octanol–water partition coefficient (Wildman–Crippen LogP) is 2.15. The van der Waals surface area contributed by atoms with Crippen molar-refractivity contribution in [2.24, 2.45) is 10.3 Å². The van der Waals surface area contributed by atoms with E-state index in [-0.39, 0.29) is 33.4 Å². The maximum atomic E-state index is 13.2. The van der Waals surface area contributed by atoms with Crippen molar-refractivity contribution in [2.75, 3.05) is 16.3 Å². The summed E-state index contributed by atoms with van der Waals surface area (Å²) in [6.07, 6.45) is 1.67. The van der Waals surface area contributed by atoms with Crippen LogP contribution in [0.25, 0.3) is 0 Å². The number of hydrogen-bond donors (Lipinski definition) is 3. The van der Waals surface area contributed by atoms with Gasteiger partial charge in [-0.05, 0) is 44.4 Å². The summed E-state index contributed by atoms with van der Waals surface area (Å²) in [5.74, 6) is -0.287. The molecule has 1 aromatic heterocycles. The van der Waals surface area contributed by atoms with E-state index < -0.39 is 25.6 Å². The molecule has 1 aliphatic rings. The minimum Gasteiger partial charge on any atom is -0.507 e. The highest BCUT2D eigenvalue weighted by atomic mass is 32.2. The first-order valence-electron chi connectivity index (χ1n) is 9.88. The molecule has 1 aromatic carbocycles. The second-order valence-electron chi connectivity index (χ2n) is 8.20. The van der Waals surface area contributed by atoms with Crippen LogP contribution in [-0.2, 0) is 26.6 Å². The highest BCUT2D eigenvalue weighted by Gasteiger charge is 2.30. The van der Waals surface area contributed by atoms with Gasteiger partial charge >= 0.3 is 0 Å². The molecule has 0 unspecified atom stereocenters. The zero-order chi connectivity index (χ0) is 24.0. The lowest BCUT2D eigenvalue weighted by molar-refractivity contribution is 0.455. The van der Waals surface area contributed by atoms with E-state index in [1.54, 1.807) is 13.8 Å². The van der Waals surface area contributed by atoms with Gasteiger partial charge < -0.3 is 15.0 Å². The first kappa shape index (κ1) is 23.8. The number of anilines is 2. The van der Waals surface area contributed by atoms with Crippen molar-refractivity contribution in [3.8, 4) is 5.75 Å². The molecule has 32 heavy (non-hydrogen) atoms. The Morgan fingerprint density at radius 2 is 1.91 bits per heavy atom. The topological polar surface area (TPSA) is 147 Å². The maximum Gasteiger partial charge on any atom is 0.286 e. The van der Waals surface area contributed by atoms with E-state index >= 15 is 0 Å². The lowest BCUT2D eigenvalue weighted by Crippen LogP contribution is -2.34. The van der Waals surface area contributed by atoms with Gasteiger partial charge in [0.25, 0.3) is 15.6 Å². The molecule has 0 aliphatic carbocycles. The fourth-order valence-electron chi connectivity index (χ4n) is 3.36. The lowest BCUT2D eigenvalue weighted by Gasteiger charge is -2.22. The van der Waals surface area contributed by atoms with Crippen molar-refractivity contribution < 1.29 is 21.9 Å². The number of nitrogens with zero attached hydrogens (tertiary/aromatic N) is 2. The van der Waals surface area contributed by atoms with Crippen LogP contribution in [0.1, 0.15) is 37.1 Å². The van der Waals surface area contributed by atoms with Gasteiger partial charge in [0.2, 0.25) is 10.0 Å². The Kier molecular flexibility index (Phi) is 6.13. The van der Waals surface area contributed by atoms with Gasteiger partial charge in [0.15, 0.2) is 5.84 Å². The maximum absolute atomic E-state index is 13.2. The van der Waals surface area contributed by atoms with Gasteiger partial charge in [0.05, 0.1) is 11.9 Å². The molecular formula is C20H26N4O6S2. The van der Waals surface area contributed by atoms with E-state index in [1.807, 2.05) is 13.8 Å². The Balaban J connectivity index is 2.15. The number of fused-ring (bicyclic) bond motifs is 1. The quantitative estimate of drug-likeness (QED) is 0.571. The molecule has 3 N–H and O–H groups in total. The minimum atomic E-state index is -4.28. The van der Waals surface area contributed by atoms with Crippen molar-refractivity contribution in [2.45, 2.75) is 45.6 Å². The summed E-state index contributed by atoms with van der Waals surface area (Å²) in [6, 6.07) is 3.89. The molecule has 2 heterocycles. The number of aromatic hydroxyl groups is 1. The van der Waals surface area contributed by atoms with Crippen molar-refractivity contribution in [3.63, 3.8) is 0 Å². The number of sulfonamides is 2. The van der Waals surface area contributed by atoms with Crippen molar-refractivity contribution >= 4 is 37.3 Å². The van der Waals surface area contributed by atoms with Crippen molar-refractivity contribution in [3.05, 3.63) is 45.4 Å². The number of amidine groups is 1. The van der Waals surface area contributed by atoms with E-state index in [1.165, 1.54) is 16.7 Å². The third-order valence-electron chi connectivity index (χ3n) is 5.19. The molecule has 3 rings (SSSR count). The van der Waals surface area contributed by atoms with Crippen LogP contribution < -0.4 is 15.6 Å². The van der Waals surface area contributed by atoms with Crippen LogP contribution in [0.3, 0.4) is 0 Å². The molecule has 0 saturated heterocycles. The summed E-state index contributed by atoms with van der Waals surface area (Å²) >= 11 is 0. The van der Waals surface area contributed by atoms with Gasteiger partial charge in [0, 0.05) is 23.5 Å². The van der Waals surface area contributed by atoms with Gasteiger partial charge in [-0.15, -0.1) is 4.40 Å². The number of nitrogens with one attached hydrogen (secondary N) is 2. The molecule has 0 bridgehead atoms. The monoisotopic (exact) mass is 482 g/mol. The number of rotatable bonds is 6. The van der Waals surface area contributed by atoms with Gasteiger partial charge in [0.1, 0.15) is 16.2 Å². The highest BCUT2D eigenvalue weighted by Crippen LogP contribution is 2.33. The second-order valence-corrected chi connectivity index (χ2v) is 11.5. The molecule has 0 saturated carbocycles. The number of hydrogen-bond acceptors (Lipinski definition) is 7. The average molecular weight is 483 g/mol. The van der Waals surface area contributed by atoms with E-state index in [2.05, 4.69) is 14.4 Å². The van der Waals surface area contributed by atoms with Crippen LogP contribution in [0.5, 0.6) is 5.75 Å². The Morgan fingerprint density at radius 3 is 2.50 bits per heavy atom. The Bertz CT molecular complexity index is 1390. The van der Waals surface area contributed by atoms with Crippen LogP contribution in [-0.4, -0.2) is 38.6 Å². The molecule has 2 aromatic rings. The lowest BCUT2D eigenvalue weighted by atomic mass is 10.1. The standard InChI is InChI=1S/C20H26N4O6S2/c1-11(2)8-9-24-13(4)12(3)18(25)17(20(24)26)19-21-15-7-6-14(22-31(5,27)28)10-16(15)32(29,30)23-19/h6-7,10-11,22,25H,8-9H2,1-5H3,(H,21,23). The molecule has 1 aliphatic heterocycles. The molecule has 0 radical (unpaired) electrons. The van der Waals surface area contributed by atoms with Crippen LogP contribution in [0.15, 0.2) is 32.3 Å². The molecule has 0 atom stereocenters. The number of benzene rings is 1. The largest absolute Gasteiger partial charge is 0.507 e. The van der Waals surface area contributed by atoms with Gasteiger partial charge in [-0.3, -0.25) is 9.52 Å². The summed E-state index contributed by atoms with van der Waals surface area (Å²) in [5.41, 5.74) is 0.424. The smallest absolute Gasteiger partial charge is 0.286 e. The summed E-state index contributed by atoms with van der Waals surface area (Å²) in [7, 11) is -7.89. The first-order valence-corrected chi connectivity index (χ1v) is 13.2. The van der Waals surface area contributed by atoms with Crippen LogP contribution in [0.4, 0.5) is 11.4 Å². The fourth-order valence-corrected chi connectivity index (χ4v) is 5.07. The zero-order valence-corrected chi connectivity index (χ0v) is 20.1. The van der Waals surface area contributed by atoms with Crippen LogP contribution in [0.2, 0.25) is 0 Å². The molecular weight excluding hydrogens is 456 g/mol. The van der Waals surface area contributed by atoms with E-state index in [9.17, 15) is 26.7 Å². The number of pyridine rings is 1. The minimum absolute atomic E-state index is 0.0559. The molecule has 0 fully saturated rings. The van der Waals surface area contributed by atoms with Crippen molar-refractivity contribution in [1.29, 1.82) is 0 Å². The third kappa shape index (κ3) is 4.65. The van der Waals surface area contributed by atoms with Crippen LogP contribution in [0, 0.1) is 19.8 Å². The van der Waals surface area contributed by atoms with E-state index in [0.29, 0.717) is 23.7 Å². The summed E-state index contributed by atoms with van der Waals surface area (Å²) in [4.78, 5) is 13.0. The Hall–Kier alpha value is -2.86. The van der Waals surface area contributed by atoms with E-state index in [0.717, 1.165) is 18.7 Å². The Labute approximate surface area is 187 Å². The van der Waals surface area contributed by atoms with Gasteiger partial charge in [-0.2, -0.15) is 8.42 Å². The molecule has 174 valence electrons. The summed E-state index contributed by atoms with van der Waals surface area (Å²) in [5, 5.41) is 13.5. The van der Waals surface area contributed by atoms with Crippen LogP contribution >= 0.6 is 0 Å². The predicted molar refractivity (Wildman–Crippen MR) is 124 cm³/mol. The second kappa shape index (κ2) is 8.24. The molecule has 12 heteroatoms. The normalized spacial score (nSPS) is 15.1. The Morgan fingerprint density at radius 1 is 1.25 bits per heavy atom. The molecule has 0 spiro atoms. The first-order chi connectivity index (χ1) is 14.7. The third-order valence-corrected chi connectivity index (χ3v) is 7.12. The fraction of sp³-hybridized carbons (Fsp3) is 0.400. The zero-order valence-electron chi connectivity index (χ0n) is 18.4. The SMILES string of the molecule is Cc1c(O)c(C2=NS(=O)(=O)c3cc(NS(C)(=O)=O)ccc3N2)c(=O)n(CCC(C)C)c1C. The van der Waals surface area contributed by atoms with Gasteiger partial charge in [-0.25, -0.2) is 8.42 Å². The molecule has 0 amide bonds. The van der Waals surface area contributed by atoms with Crippen molar-refractivity contribution in [1.82, 2.24) is 4.57 Å². The highest BCUT2D eigenvalue weighted by molar-refractivity contribution is 7.92. The summed E-state index contributed by atoms with van der Waals surface area (Å²) in [6.45, 7) is 7.83. The van der Waals surface area contributed by atoms with E-state index in [4.69, 9.17) is 0 Å². The van der Waals surface area contributed by atoms with Gasteiger partial charge in [-0.1, -0.05) is 13.8 Å².